The smallest absolute Gasteiger partial charge is 0.271 e. The number of nitro benzene ring substituents is 1. The summed E-state index contributed by atoms with van der Waals surface area (Å²) in [4.78, 5) is 34.8. The van der Waals surface area contributed by atoms with Crippen LogP contribution in [0.25, 0.3) is 0 Å². The number of nitrogens with one attached hydrogen (secondary N) is 2. The zero-order valence-electron chi connectivity index (χ0n) is 13.9. The van der Waals surface area contributed by atoms with Gasteiger partial charge in [0.2, 0.25) is 5.91 Å². The first-order valence-corrected chi connectivity index (χ1v) is 10.4. The van der Waals surface area contributed by atoms with Crippen molar-refractivity contribution in [2.45, 2.75) is 9.79 Å². The van der Waals surface area contributed by atoms with Crippen LogP contribution < -0.4 is 10.6 Å². The molecule has 1 aliphatic rings. The second kappa shape index (κ2) is 7.00. The zero-order valence-corrected chi connectivity index (χ0v) is 15.5. The number of non-ortho nitro benzene ring substituents is 1. The number of hydrogen-bond donors (Lipinski definition) is 2. The maximum absolute atomic E-state index is 12.5. The molecule has 1 heterocycles. The highest BCUT2D eigenvalue weighted by Gasteiger charge is 2.20. The third-order valence-electron chi connectivity index (χ3n) is 3.66. The van der Waals surface area contributed by atoms with E-state index >= 15 is 0 Å². The summed E-state index contributed by atoms with van der Waals surface area (Å²) in [5, 5.41) is 16.3. The van der Waals surface area contributed by atoms with Gasteiger partial charge in [0.25, 0.3) is 11.6 Å². The number of nitrogens with zero attached hydrogens (tertiary/aromatic N) is 1. The summed E-state index contributed by atoms with van der Waals surface area (Å²) in [5.41, 5.74) is 0.233. The molecule has 0 spiro atoms. The molecule has 9 nitrogen and oxygen atoms in total. The predicted molar refractivity (Wildman–Crippen MR) is 100.0 cm³/mol. The fraction of sp³-hybridized carbons (Fsp3) is 0.125. The van der Waals surface area contributed by atoms with Gasteiger partial charge in [-0.2, -0.15) is 0 Å². The number of carbonyl (C=O) groups excluding carboxylic acids is 2. The number of fused-ring (bicyclic) bond motifs is 1. The molecule has 0 saturated heterocycles. The minimum absolute atomic E-state index is 0.160. The normalized spacial score (nSPS) is 13.4. The standard InChI is InChI=1S/C16H13N3O6S2/c1-27(24,25)12-5-9(4-11(7-12)19(22)23)16(21)17-10-2-3-14-13(6-10)18-15(20)8-26-14/h2-7H,8H2,1H3,(H,17,21)(H,18,20). The number of amides is 2. The summed E-state index contributed by atoms with van der Waals surface area (Å²) in [6.45, 7) is 0. The van der Waals surface area contributed by atoms with E-state index in [9.17, 15) is 28.1 Å². The quantitative estimate of drug-likeness (QED) is 0.586. The molecule has 0 aliphatic carbocycles. The van der Waals surface area contributed by atoms with Crippen LogP contribution in [0, 0.1) is 10.1 Å². The number of thioether (sulfide) groups is 1. The van der Waals surface area contributed by atoms with E-state index in [2.05, 4.69) is 10.6 Å². The Labute approximate surface area is 158 Å². The van der Waals surface area contributed by atoms with Gasteiger partial charge in [0.15, 0.2) is 9.84 Å². The molecule has 11 heteroatoms. The lowest BCUT2D eigenvalue weighted by Crippen LogP contribution is -2.19. The third-order valence-corrected chi connectivity index (χ3v) is 5.83. The molecule has 27 heavy (non-hydrogen) atoms. The molecule has 0 bridgehead atoms. The van der Waals surface area contributed by atoms with Crippen LogP contribution in [0.3, 0.4) is 0 Å². The van der Waals surface area contributed by atoms with Crippen molar-refractivity contribution in [2.24, 2.45) is 0 Å². The summed E-state index contributed by atoms with van der Waals surface area (Å²) in [6.07, 6.45) is 0.900. The van der Waals surface area contributed by atoms with Crippen molar-refractivity contribution in [1.82, 2.24) is 0 Å². The second-order valence-corrected chi connectivity index (χ2v) is 8.78. The number of sulfone groups is 1. The molecule has 0 saturated carbocycles. The summed E-state index contributed by atoms with van der Waals surface area (Å²) in [7, 11) is -3.74. The SMILES string of the molecule is CS(=O)(=O)c1cc(C(=O)Nc2ccc3c(c2)NC(=O)CS3)cc([N+](=O)[O-])c1. The summed E-state index contributed by atoms with van der Waals surface area (Å²) < 4.78 is 23.5. The number of benzene rings is 2. The van der Waals surface area contributed by atoms with Crippen LogP contribution >= 0.6 is 11.8 Å². The van der Waals surface area contributed by atoms with E-state index in [1.54, 1.807) is 18.2 Å². The van der Waals surface area contributed by atoms with Crippen LogP contribution in [0.5, 0.6) is 0 Å². The molecular weight excluding hydrogens is 394 g/mol. The highest BCUT2D eigenvalue weighted by molar-refractivity contribution is 8.00. The van der Waals surface area contributed by atoms with Crippen LogP contribution in [0.1, 0.15) is 10.4 Å². The topological polar surface area (TPSA) is 135 Å². The van der Waals surface area contributed by atoms with Gasteiger partial charge in [-0.15, -0.1) is 11.8 Å². The number of nitro groups is 1. The van der Waals surface area contributed by atoms with Crippen molar-refractivity contribution >= 4 is 50.5 Å². The van der Waals surface area contributed by atoms with Crippen LogP contribution in [-0.4, -0.2) is 37.2 Å². The lowest BCUT2D eigenvalue weighted by molar-refractivity contribution is -0.385. The van der Waals surface area contributed by atoms with Gasteiger partial charge in [0.1, 0.15) is 0 Å². The monoisotopic (exact) mass is 407 g/mol. The largest absolute Gasteiger partial charge is 0.324 e. The average Bonchev–Trinajstić information content (AvgIpc) is 2.60. The number of carbonyl (C=O) groups is 2. The second-order valence-electron chi connectivity index (χ2n) is 5.75. The van der Waals surface area contributed by atoms with Crippen LogP contribution in [-0.2, 0) is 14.6 Å². The van der Waals surface area contributed by atoms with Gasteiger partial charge >= 0.3 is 0 Å². The molecule has 2 N–H and O–H groups in total. The van der Waals surface area contributed by atoms with E-state index in [0.717, 1.165) is 29.4 Å². The lowest BCUT2D eigenvalue weighted by Gasteiger charge is -2.17. The van der Waals surface area contributed by atoms with Crippen molar-refractivity contribution in [3.05, 3.63) is 52.1 Å². The first-order chi connectivity index (χ1) is 12.6. The molecule has 0 unspecified atom stereocenters. The van der Waals surface area contributed by atoms with E-state index < -0.39 is 26.4 Å². The Morgan fingerprint density at radius 3 is 2.67 bits per heavy atom. The molecular formula is C16H13N3O6S2. The summed E-state index contributed by atoms with van der Waals surface area (Å²) in [5.74, 6) is -0.563. The fourth-order valence-corrected chi connectivity index (χ4v) is 3.86. The fourth-order valence-electron chi connectivity index (χ4n) is 2.40. The van der Waals surface area contributed by atoms with Gasteiger partial charge in [0.05, 0.1) is 21.3 Å². The summed E-state index contributed by atoms with van der Waals surface area (Å²) in [6, 6.07) is 7.89. The van der Waals surface area contributed by atoms with Crippen molar-refractivity contribution < 1.29 is 22.9 Å². The third kappa shape index (κ3) is 4.26. The molecule has 0 radical (unpaired) electrons. The van der Waals surface area contributed by atoms with E-state index in [-0.39, 0.29) is 16.4 Å². The van der Waals surface area contributed by atoms with E-state index in [1.165, 1.54) is 11.8 Å². The van der Waals surface area contributed by atoms with Crippen molar-refractivity contribution in [1.29, 1.82) is 0 Å². The summed E-state index contributed by atoms with van der Waals surface area (Å²) >= 11 is 1.36. The Bertz CT molecular complexity index is 1080. The lowest BCUT2D eigenvalue weighted by atomic mass is 10.1. The highest BCUT2D eigenvalue weighted by atomic mass is 32.2. The van der Waals surface area contributed by atoms with Crippen LogP contribution in [0.15, 0.2) is 46.2 Å². The van der Waals surface area contributed by atoms with Gasteiger partial charge in [-0.3, -0.25) is 19.7 Å². The Morgan fingerprint density at radius 1 is 1.26 bits per heavy atom. The Hall–Kier alpha value is -2.92. The molecule has 3 rings (SSSR count). The van der Waals surface area contributed by atoms with E-state index in [4.69, 9.17) is 0 Å². The van der Waals surface area contributed by atoms with Gasteiger partial charge in [0, 0.05) is 34.5 Å². The molecule has 0 atom stereocenters. The predicted octanol–water partition coefficient (Wildman–Crippen LogP) is 2.29. The zero-order chi connectivity index (χ0) is 19.8. The first-order valence-electron chi connectivity index (χ1n) is 7.51. The van der Waals surface area contributed by atoms with Gasteiger partial charge in [-0.05, 0) is 24.3 Å². The van der Waals surface area contributed by atoms with Crippen molar-refractivity contribution in [3.8, 4) is 0 Å². The maximum atomic E-state index is 12.5. The van der Waals surface area contributed by atoms with Gasteiger partial charge in [-0.25, -0.2) is 8.42 Å². The Morgan fingerprint density at radius 2 is 2.00 bits per heavy atom. The van der Waals surface area contributed by atoms with Gasteiger partial charge < -0.3 is 10.6 Å². The van der Waals surface area contributed by atoms with E-state index in [1.807, 2.05) is 0 Å². The molecule has 2 amide bonds. The Kier molecular flexibility index (Phi) is 4.89. The van der Waals surface area contributed by atoms with E-state index in [0.29, 0.717) is 17.1 Å². The number of rotatable bonds is 4. The minimum atomic E-state index is -3.74. The highest BCUT2D eigenvalue weighted by Crippen LogP contribution is 2.33. The molecule has 1 aliphatic heterocycles. The van der Waals surface area contributed by atoms with Crippen LogP contribution in [0.4, 0.5) is 17.1 Å². The minimum Gasteiger partial charge on any atom is -0.324 e. The van der Waals surface area contributed by atoms with Crippen molar-refractivity contribution in [2.75, 3.05) is 22.6 Å². The molecule has 140 valence electrons. The maximum Gasteiger partial charge on any atom is 0.271 e. The van der Waals surface area contributed by atoms with Crippen LogP contribution in [0.2, 0.25) is 0 Å². The number of anilines is 2. The average molecular weight is 407 g/mol. The molecule has 2 aromatic rings. The number of hydrogen-bond acceptors (Lipinski definition) is 7. The van der Waals surface area contributed by atoms with Crippen molar-refractivity contribution in [3.63, 3.8) is 0 Å². The first kappa shape index (κ1) is 18.9. The van der Waals surface area contributed by atoms with Gasteiger partial charge in [-0.1, -0.05) is 0 Å². The molecule has 0 fully saturated rings. The molecule has 0 aromatic heterocycles. The molecule has 2 aromatic carbocycles. The Balaban J connectivity index is 1.92.